The number of aryl methyl sites for hydroxylation is 2. The number of thiophene rings is 1. The zero-order valence-electron chi connectivity index (χ0n) is 14.5. The lowest BCUT2D eigenvalue weighted by Gasteiger charge is -2.10. The van der Waals surface area contributed by atoms with Crippen molar-refractivity contribution in [2.45, 2.75) is 26.8 Å². The number of hydrogen-bond donors (Lipinski definition) is 1. The fourth-order valence-corrected chi connectivity index (χ4v) is 3.72. The van der Waals surface area contributed by atoms with Gasteiger partial charge in [0.1, 0.15) is 22.3 Å². The molecule has 1 aromatic carbocycles. The Morgan fingerprint density at radius 2 is 2.00 bits per heavy atom. The second-order valence-electron chi connectivity index (χ2n) is 5.98. The van der Waals surface area contributed by atoms with Crippen LogP contribution < -0.4 is 5.32 Å². The second kappa shape index (κ2) is 6.84. The Morgan fingerprint density at radius 3 is 2.69 bits per heavy atom. The lowest BCUT2D eigenvalue weighted by molar-refractivity contribution is 0.627. The van der Waals surface area contributed by atoms with Crippen LogP contribution in [-0.2, 0) is 13.0 Å². The molecule has 0 fully saturated rings. The summed E-state index contributed by atoms with van der Waals surface area (Å²) in [6.45, 7) is 4.61. The molecule has 0 aliphatic heterocycles. The number of nitrogens with one attached hydrogen (secondary N) is 1. The van der Waals surface area contributed by atoms with Crippen molar-refractivity contribution in [2.75, 3.05) is 5.32 Å². The van der Waals surface area contributed by atoms with E-state index < -0.39 is 0 Å². The molecule has 7 heteroatoms. The number of nitrogens with zero attached hydrogens (tertiary/aromatic N) is 4. The van der Waals surface area contributed by atoms with Gasteiger partial charge in [0.2, 0.25) is 5.95 Å². The van der Waals surface area contributed by atoms with Crippen LogP contribution in [0, 0.1) is 12.7 Å². The summed E-state index contributed by atoms with van der Waals surface area (Å²) >= 11 is 1.68. The van der Waals surface area contributed by atoms with E-state index >= 15 is 0 Å². The highest BCUT2D eigenvalue weighted by Crippen LogP contribution is 2.30. The summed E-state index contributed by atoms with van der Waals surface area (Å²) in [6, 6.07) is 8.61. The predicted molar refractivity (Wildman–Crippen MR) is 102 cm³/mol. The number of anilines is 1. The first-order valence-corrected chi connectivity index (χ1v) is 9.25. The fraction of sp³-hybridized carbons (Fsp3) is 0.211. The van der Waals surface area contributed by atoms with Gasteiger partial charge in [0.05, 0.1) is 5.39 Å². The molecule has 3 heterocycles. The topological polar surface area (TPSA) is 55.6 Å². The summed E-state index contributed by atoms with van der Waals surface area (Å²) in [5.41, 5.74) is 0.990. The van der Waals surface area contributed by atoms with Crippen molar-refractivity contribution in [2.24, 2.45) is 0 Å². The molecule has 5 nitrogen and oxygen atoms in total. The van der Waals surface area contributed by atoms with Crippen LogP contribution in [0.25, 0.3) is 16.2 Å². The van der Waals surface area contributed by atoms with Gasteiger partial charge in [0.15, 0.2) is 0 Å². The third-order valence-electron chi connectivity index (χ3n) is 4.19. The van der Waals surface area contributed by atoms with Gasteiger partial charge in [-0.05, 0) is 37.1 Å². The van der Waals surface area contributed by atoms with Crippen LogP contribution in [0.4, 0.5) is 10.2 Å². The molecule has 0 radical (unpaired) electrons. The van der Waals surface area contributed by atoms with Gasteiger partial charge in [0.25, 0.3) is 0 Å². The third-order valence-corrected chi connectivity index (χ3v) is 5.37. The van der Waals surface area contributed by atoms with E-state index in [0.717, 1.165) is 33.8 Å². The molecule has 4 rings (SSSR count). The Hall–Kier alpha value is -2.80. The van der Waals surface area contributed by atoms with Gasteiger partial charge in [-0.25, -0.2) is 14.4 Å². The highest BCUT2D eigenvalue weighted by molar-refractivity contribution is 7.18. The first-order chi connectivity index (χ1) is 12.6. The largest absolute Gasteiger partial charge is 0.365 e. The normalized spacial score (nSPS) is 11.2. The molecule has 0 amide bonds. The van der Waals surface area contributed by atoms with E-state index in [1.165, 1.54) is 17.0 Å². The smallest absolute Gasteiger partial charge is 0.238 e. The van der Waals surface area contributed by atoms with Crippen LogP contribution >= 0.6 is 11.3 Å². The zero-order chi connectivity index (χ0) is 18.1. The molecule has 0 aliphatic carbocycles. The van der Waals surface area contributed by atoms with Crippen LogP contribution in [0.2, 0.25) is 0 Å². The molecule has 0 saturated carbocycles. The molecule has 132 valence electrons. The summed E-state index contributed by atoms with van der Waals surface area (Å²) in [4.78, 5) is 15.9. The Kier molecular flexibility index (Phi) is 4.38. The van der Waals surface area contributed by atoms with E-state index in [1.807, 2.05) is 17.7 Å². The van der Waals surface area contributed by atoms with Crippen molar-refractivity contribution in [1.29, 1.82) is 0 Å². The highest BCUT2D eigenvalue weighted by Gasteiger charge is 2.13. The Bertz CT molecular complexity index is 1050. The minimum absolute atomic E-state index is 0.235. The summed E-state index contributed by atoms with van der Waals surface area (Å²) in [7, 11) is 0. The van der Waals surface area contributed by atoms with Crippen molar-refractivity contribution in [3.8, 4) is 5.95 Å². The molecule has 0 spiro atoms. The maximum absolute atomic E-state index is 13.1. The van der Waals surface area contributed by atoms with Crippen molar-refractivity contribution in [1.82, 2.24) is 19.5 Å². The fourth-order valence-electron chi connectivity index (χ4n) is 2.75. The maximum atomic E-state index is 13.1. The van der Waals surface area contributed by atoms with E-state index in [-0.39, 0.29) is 5.82 Å². The number of imidazole rings is 1. The monoisotopic (exact) mass is 367 g/mol. The minimum atomic E-state index is -0.235. The summed E-state index contributed by atoms with van der Waals surface area (Å²) < 4.78 is 15.0. The number of benzene rings is 1. The van der Waals surface area contributed by atoms with E-state index in [9.17, 15) is 4.39 Å². The summed E-state index contributed by atoms with van der Waals surface area (Å²) in [5.74, 6) is 1.97. The third kappa shape index (κ3) is 3.17. The molecular formula is C19H18FN5S. The quantitative estimate of drug-likeness (QED) is 0.564. The molecule has 0 saturated heterocycles. The van der Waals surface area contributed by atoms with Gasteiger partial charge >= 0.3 is 0 Å². The number of hydrogen-bond acceptors (Lipinski definition) is 5. The number of aromatic nitrogens is 4. The molecule has 0 atom stereocenters. The van der Waals surface area contributed by atoms with Gasteiger partial charge < -0.3 is 5.32 Å². The number of rotatable bonds is 5. The molecule has 0 bridgehead atoms. The van der Waals surface area contributed by atoms with Crippen molar-refractivity contribution < 1.29 is 4.39 Å². The van der Waals surface area contributed by atoms with Crippen LogP contribution in [0.3, 0.4) is 0 Å². The summed E-state index contributed by atoms with van der Waals surface area (Å²) in [5, 5.41) is 4.39. The Labute approximate surface area is 154 Å². The lowest BCUT2D eigenvalue weighted by Crippen LogP contribution is -2.07. The van der Waals surface area contributed by atoms with Gasteiger partial charge in [-0.15, -0.1) is 11.3 Å². The summed E-state index contributed by atoms with van der Waals surface area (Å²) in [6.07, 6.45) is 4.55. The zero-order valence-corrected chi connectivity index (χ0v) is 15.3. The molecule has 4 aromatic rings. The van der Waals surface area contributed by atoms with E-state index in [2.05, 4.69) is 23.3 Å². The maximum Gasteiger partial charge on any atom is 0.238 e. The average Bonchev–Trinajstić information content (AvgIpc) is 3.26. The van der Waals surface area contributed by atoms with E-state index in [1.54, 1.807) is 29.7 Å². The molecule has 26 heavy (non-hydrogen) atoms. The molecule has 0 aliphatic rings. The first kappa shape index (κ1) is 16.7. The van der Waals surface area contributed by atoms with E-state index in [4.69, 9.17) is 9.97 Å². The van der Waals surface area contributed by atoms with Crippen molar-refractivity contribution >= 4 is 27.4 Å². The highest BCUT2D eigenvalue weighted by atomic mass is 32.1. The average molecular weight is 367 g/mol. The minimum Gasteiger partial charge on any atom is -0.365 e. The van der Waals surface area contributed by atoms with Gasteiger partial charge in [-0.2, -0.15) is 4.98 Å². The molecule has 3 aromatic heterocycles. The Morgan fingerprint density at radius 1 is 1.19 bits per heavy atom. The first-order valence-electron chi connectivity index (χ1n) is 8.43. The van der Waals surface area contributed by atoms with Crippen LogP contribution in [0.15, 0.2) is 42.7 Å². The molecule has 1 N–H and O–H groups in total. The van der Waals surface area contributed by atoms with Crippen LogP contribution in [0.5, 0.6) is 0 Å². The van der Waals surface area contributed by atoms with Crippen molar-refractivity contribution in [3.63, 3.8) is 0 Å². The van der Waals surface area contributed by atoms with Gasteiger partial charge in [0, 0.05) is 23.8 Å². The predicted octanol–water partition coefficient (Wildman–Crippen LogP) is 4.50. The Balaban J connectivity index is 1.74. The number of halogens is 1. The van der Waals surface area contributed by atoms with Gasteiger partial charge in [-0.3, -0.25) is 4.57 Å². The lowest BCUT2D eigenvalue weighted by atomic mass is 10.2. The van der Waals surface area contributed by atoms with Crippen LogP contribution in [0.1, 0.15) is 23.2 Å². The van der Waals surface area contributed by atoms with Crippen molar-refractivity contribution in [3.05, 3.63) is 64.8 Å². The number of fused-ring (bicyclic) bond motifs is 1. The molecule has 0 unspecified atom stereocenters. The standard InChI is InChI=1S/C19H18FN5S/c1-3-15-10-16-17(22-11-13-4-6-14(20)7-5-13)23-19(24-18(16)26-15)25-9-8-21-12(25)2/h4-10H,3,11H2,1-2H3,(H,22,23,24). The molecular weight excluding hydrogens is 349 g/mol. The van der Waals surface area contributed by atoms with Gasteiger partial charge in [-0.1, -0.05) is 19.1 Å². The SMILES string of the molecule is CCc1cc2c(NCc3ccc(F)cc3)nc(-n3ccnc3C)nc2s1. The van der Waals surface area contributed by atoms with E-state index in [0.29, 0.717) is 12.5 Å². The van der Waals surface area contributed by atoms with Crippen LogP contribution in [-0.4, -0.2) is 19.5 Å². The second-order valence-corrected chi connectivity index (χ2v) is 7.10.